The van der Waals surface area contributed by atoms with Crippen molar-refractivity contribution in [1.29, 1.82) is 0 Å². The number of nitrogens with zero attached hydrogens (tertiary/aromatic N) is 4. The van der Waals surface area contributed by atoms with Crippen molar-refractivity contribution in [3.8, 4) is 29.6 Å². The van der Waals surface area contributed by atoms with E-state index in [-0.39, 0.29) is 28.8 Å². The number of hydrogen-bond acceptors (Lipinski definition) is 6. The quantitative estimate of drug-likeness (QED) is 0.462. The van der Waals surface area contributed by atoms with E-state index < -0.39 is 11.6 Å². The van der Waals surface area contributed by atoms with Crippen LogP contribution in [0, 0.1) is 24.0 Å². The average Bonchev–Trinajstić information content (AvgIpc) is 3.03. The summed E-state index contributed by atoms with van der Waals surface area (Å²) in [4.78, 5) is 16.0. The Labute approximate surface area is 195 Å². The van der Waals surface area contributed by atoms with E-state index in [4.69, 9.17) is 16.1 Å². The predicted molar refractivity (Wildman–Crippen MR) is 127 cm³/mol. The number of ether oxygens (including phenoxy) is 1. The summed E-state index contributed by atoms with van der Waals surface area (Å²) in [5, 5.41) is 5.20. The van der Waals surface area contributed by atoms with Crippen molar-refractivity contribution in [1.82, 2.24) is 20.3 Å². The molecule has 34 heavy (non-hydrogen) atoms. The Hall–Kier alpha value is -3.83. The molecule has 2 aliphatic rings. The highest BCUT2D eigenvalue weighted by molar-refractivity contribution is 6.02. The highest BCUT2D eigenvalue weighted by Gasteiger charge is 2.32. The lowest BCUT2D eigenvalue weighted by atomic mass is 9.95. The van der Waals surface area contributed by atoms with E-state index in [1.54, 1.807) is 18.2 Å². The summed E-state index contributed by atoms with van der Waals surface area (Å²) in [7, 11) is 1.47. The van der Waals surface area contributed by atoms with E-state index >= 15 is 4.39 Å². The Morgan fingerprint density at radius 2 is 2.03 bits per heavy atom. The third-order valence-corrected chi connectivity index (χ3v) is 6.73. The summed E-state index contributed by atoms with van der Waals surface area (Å²) in [6, 6.07) is 8.59. The minimum atomic E-state index is -0.603. The first-order chi connectivity index (χ1) is 16.6. The molecule has 6 rings (SSSR count). The van der Waals surface area contributed by atoms with Crippen molar-refractivity contribution < 1.29 is 13.5 Å². The number of terminal acetylenes is 1. The SMILES string of the molecule is C#Cc1c(F)ccc2cccc(-c3nc4c5c(nc(OC)nc5c3F)N3CCNCC3CC4)c12. The Morgan fingerprint density at radius 3 is 2.85 bits per heavy atom. The minimum Gasteiger partial charge on any atom is -0.467 e. The van der Waals surface area contributed by atoms with Crippen molar-refractivity contribution in [3.05, 3.63) is 53.2 Å². The molecule has 0 saturated carbocycles. The maximum Gasteiger partial charge on any atom is 0.318 e. The first-order valence-corrected chi connectivity index (χ1v) is 11.2. The normalized spacial score (nSPS) is 17.4. The molecule has 1 unspecified atom stereocenters. The van der Waals surface area contributed by atoms with Gasteiger partial charge in [0.15, 0.2) is 5.82 Å². The zero-order valence-electron chi connectivity index (χ0n) is 18.5. The number of fused-ring (bicyclic) bond motifs is 3. The van der Waals surface area contributed by atoms with Crippen LogP contribution >= 0.6 is 0 Å². The summed E-state index contributed by atoms with van der Waals surface area (Å²) >= 11 is 0. The summed E-state index contributed by atoms with van der Waals surface area (Å²) in [6.07, 6.45) is 7.12. The highest BCUT2D eigenvalue weighted by Crippen LogP contribution is 2.40. The monoisotopic (exact) mass is 457 g/mol. The van der Waals surface area contributed by atoms with Gasteiger partial charge < -0.3 is 15.0 Å². The van der Waals surface area contributed by atoms with Gasteiger partial charge in [-0.15, -0.1) is 6.42 Å². The van der Waals surface area contributed by atoms with Crippen molar-refractivity contribution in [2.24, 2.45) is 0 Å². The fraction of sp³-hybridized carbons (Fsp3) is 0.269. The van der Waals surface area contributed by atoms with Crippen LogP contribution in [0.15, 0.2) is 30.3 Å². The Balaban J connectivity index is 1.69. The van der Waals surface area contributed by atoms with Crippen molar-refractivity contribution in [2.75, 3.05) is 31.6 Å². The van der Waals surface area contributed by atoms with Gasteiger partial charge in [-0.3, -0.25) is 0 Å². The van der Waals surface area contributed by atoms with Crippen LogP contribution in [0.4, 0.5) is 14.6 Å². The predicted octanol–water partition coefficient (Wildman–Crippen LogP) is 3.84. The zero-order valence-corrected chi connectivity index (χ0v) is 18.5. The molecular formula is C26H21F2N5O. The number of benzene rings is 2. The number of piperazine rings is 1. The van der Waals surface area contributed by atoms with Crippen LogP contribution in [-0.4, -0.2) is 47.7 Å². The van der Waals surface area contributed by atoms with Gasteiger partial charge >= 0.3 is 6.01 Å². The second kappa shape index (κ2) is 7.89. The van der Waals surface area contributed by atoms with Crippen molar-refractivity contribution in [2.45, 2.75) is 18.9 Å². The number of aromatic nitrogens is 3. The maximum absolute atomic E-state index is 16.2. The van der Waals surface area contributed by atoms with E-state index in [9.17, 15) is 4.39 Å². The molecule has 0 bridgehead atoms. The third-order valence-electron chi connectivity index (χ3n) is 6.73. The van der Waals surface area contributed by atoms with Crippen LogP contribution in [0.2, 0.25) is 0 Å². The summed E-state index contributed by atoms with van der Waals surface area (Å²) < 4.78 is 36.2. The molecule has 1 saturated heterocycles. The Morgan fingerprint density at radius 1 is 1.15 bits per heavy atom. The summed E-state index contributed by atoms with van der Waals surface area (Å²) in [5.41, 5.74) is 1.48. The van der Waals surface area contributed by atoms with Gasteiger partial charge in [0, 0.05) is 36.6 Å². The van der Waals surface area contributed by atoms with Crippen molar-refractivity contribution >= 4 is 27.5 Å². The van der Waals surface area contributed by atoms with Crippen LogP contribution in [0.25, 0.3) is 32.9 Å². The van der Waals surface area contributed by atoms with Crippen LogP contribution in [0.3, 0.4) is 0 Å². The van der Waals surface area contributed by atoms with Gasteiger partial charge in [0.25, 0.3) is 0 Å². The second-order valence-corrected chi connectivity index (χ2v) is 8.54. The van der Waals surface area contributed by atoms with Gasteiger partial charge in [-0.1, -0.05) is 30.2 Å². The zero-order chi connectivity index (χ0) is 23.4. The fourth-order valence-corrected chi connectivity index (χ4v) is 5.16. The number of pyridine rings is 1. The van der Waals surface area contributed by atoms with Gasteiger partial charge in [0.2, 0.25) is 0 Å². The number of halogens is 2. The molecule has 2 aromatic heterocycles. The topological polar surface area (TPSA) is 63.2 Å². The van der Waals surface area contributed by atoms with Gasteiger partial charge in [0.05, 0.1) is 23.8 Å². The largest absolute Gasteiger partial charge is 0.467 e. The first kappa shape index (κ1) is 20.8. The molecule has 0 spiro atoms. The van der Waals surface area contributed by atoms with E-state index in [1.807, 2.05) is 6.07 Å². The molecule has 170 valence electrons. The molecule has 1 N–H and O–H groups in total. The van der Waals surface area contributed by atoms with Crippen molar-refractivity contribution in [3.63, 3.8) is 0 Å². The number of hydrogen-bond donors (Lipinski definition) is 1. The lowest BCUT2D eigenvalue weighted by Gasteiger charge is -2.36. The molecule has 0 radical (unpaired) electrons. The van der Waals surface area contributed by atoms with Crippen LogP contribution in [0.5, 0.6) is 6.01 Å². The van der Waals surface area contributed by atoms with Gasteiger partial charge in [-0.05, 0) is 24.3 Å². The van der Waals surface area contributed by atoms with Gasteiger partial charge in [0.1, 0.15) is 22.8 Å². The molecule has 0 aliphatic carbocycles. The van der Waals surface area contributed by atoms with E-state index in [1.165, 1.54) is 13.2 Å². The lowest BCUT2D eigenvalue weighted by Crippen LogP contribution is -2.51. The number of anilines is 1. The molecule has 1 fully saturated rings. The smallest absolute Gasteiger partial charge is 0.318 e. The molecule has 1 atom stereocenters. The molecular weight excluding hydrogens is 436 g/mol. The number of methoxy groups -OCH3 is 1. The van der Waals surface area contributed by atoms with E-state index in [0.29, 0.717) is 39.7 Å². The first-order valence-electron chi connectivity index (χ1n) is 11.2. The van der Waals surface area contributed by atoms with E-state index in [2.05, 4.69) is 26.1 Å². The van der Waals surface area contributed by atoms with Crippen LogP contribution in [-0.2, 0) is 6.42 Å². The number of aryl methyl sites for hydroxylation is 1. The molecule has 6 nitrogen and oxygen atoms in total. The Kier molecular flexibility index (Phi) is 4.82. The standard InChI is InChI=1S/C26H21F2N5O/c1-3-16-18(27)9-7-14-5-4-6-17(20(14)16)23-22(28)24-21-19(30-23)10-8-15-13-29-11-12-33(15)25(21)32-26(31-24)34-2/h1,4-7,9,15,29H,8,10-13H2,2H3. The number of nitrogens with one attached hydrogen (secondary N) is 1. The molecule has 4 heterocycles. The van der Waals surface area contributed by atoms with Crippen LogP contribution in [0.1, 0.15) is 17.7 Å². The molecule has 8 heteroatoms. The summed E-state index contributed by atoms with van der Waals surface area (Å²) in [6.45, 7) is 2.37. The Bertz CT molecular complexity index is 1510. The second-order valence-electron chi connectivity index (χ2n) is 8.54. The molecule has 4 aromatic rings. The molecule has 2 aliphatic heterocycles. The maximum atomic E-state index is 16.2. The van der Waals surface area contributed by atoms with Gasteiger partial charge in [-0.25, -0.2) is 13.8 Å². The van der Waals surface area contributed by atoms with Crippen LogP contribution < -0.4 is 15.0 Å². The average molecular weight is 457 g/mol. The molecule has 2 aromatic carbocycles. The molecule has 0 amide bonds. The number of rotatable bonds is 2. The third kappa shape index (κ3) is 3.01. The fourth-order valence-electron chi connectivity index (χ4n) is 5.16. The summed E-state index contributed by atoms with van der Waals surface area (Å²) in [5.74, 6) is 1.94. The van der Waals surface area contributed by atoms with E-state index in [0.717, 1.165) is 26.1 Å². The lowest BCUT2D eigenvalue weighted by molar-refractivity contribution is 0.379. The van der Waals surface area contributed by atoms with Gasteiger partial charge in [-0.2, -0.15) is 9.97 Å². The minimum absolute atomic E-state index is 0.0874. The highest BCUT2D eigenvalue weighted by atomic mass is 19.1.